The Balaban J connectivity index is 1.47. The Labute approximate surface area is 138 Å². The Kier molecular flexibility index (Phi) is 5.16. The summed E-state index contributed by atoms with van der Waals surface area (Å²) in [4.78, 5) is 20.8. The van der Waals surface area contributed by atoms with Crippen molar-refractivity contribution in [1.29, 1.82) is 0 Å². The maximum absolute atomic E-state index is 12.3. The molecular formula is C18H26N4O. The first-order valence-corrected chi connectivity index (χ1v) is 8.62. The zero-order valence-electron chi connectivity index (χ0n) is 13.9. The summed E-state index contributed by atoms with van der Waals surface area (Å²) in [6, 6.07) is 5.95. The van der Waals surface area contributed by atoms with Gasteiger partial charge in [-0.2, -0.15) is 0 Å². The van der Waals surface area contributed by atoms with E-state index in [1.165, 1.54) is 31.3 Å². The molecule has 5 nitrogen and oxygen atoms in total. The Morgan fingerprint density at radius 3 is 2.61 bits per heavy atom. The fourth-order valence-electron chi connectivity index (χ4n) is 3.45. The average Bonchev–Trinajstić information content (AvgIpc) is 3.15. The van der Waals surface area contributed by atoms with Gasteiger partial charge in [-0.15, -0.1) is 0 Å². The lowest BCUT2D eigenvalue weighted by Gasteiger charge is -2.35. The Morgan fingerprint density at radius 2 is 1.96 bits per heavy atom. The average molecular weight is 314 g/mol. The van der Waals surface area contributed by atoms with Crippen LogP contribution >= 0.6 is 0 Å². The highest BCUT2D eigenvalue weighted by molar-refractivity contribution is 5.75. The first-order valence-electron chi connectivity index (χ1n) is 8.62. The number of hydrogen-bond acceptors (Lipinski definition) is 3. The van der Waals surface area contributed by atoms with E-state index in [0.717, 1.165) is 32.0 Å². The minimum Gasteiger partial charge on any atom is -0.353 e. The molecule has 1 N–H and O–H groups in total. The number of aromatic nitrogens is 1. The summed E-state index contributed by atoms with van der Waals surface area (Å²) in [7, 11) is 0. The highest BCUT2D eigenvalue weighted by atomic mass is 16.2. The second kappa shape index (κ2) is 7.49. The summed E-state index contributed by atoms with van der Waals surface area (Å²) < 4.78 is 0. The first-order chi connectivity index (χ1) is 11.2. The van der Waals surface area contributed by atoms with Crippen LogP contribution in [0.4, 0.5) is 10.6 Å². The Morgan fingerprint density at radius 1 is 1.22 bits per heavy atom. The summed E-state index contributed by atoms with van der Waals surface area (Å²) >= 11 is 0. The predicted octanol–water partition coefficient (Wildman–Crippen LogP) is 3.01. The van der Waals surface area contributed by atoms with E-state index in [1.54, 1.807) is 0 Å². The van der Waals surface area contributed by atoms with E-state index in [9.17, 15) is 4.79 Å². The predicted molar refractivity (Wildman–Crippen MR) is 92.3 cm³/mol. The summed E-state index contributed by atoms with van der Waals surface area (Å²) in [5.41, 5.74) is 1.31. The SMILES string of the molecule is C/C(=C\NC(=O)N1CCN(c2ccccn2)CC1)C1CCCC1. The number of allylic oxidation sites excluding steroid dienone is 1. The van der Waals surface area contributed by atoms with Gasteiger partial charge in [0.25, 0.3) is 0 Å². The summed E-state index contributed by atoms with van der Waals surface area (Å²) in [5, 5.41) is 2.97. The number of piperazine rings is 1. The third-order valence-electron chi connectivity index (χ3n) is 4.96. The molecule has 0 atom stereocenters. The number of carbonyl (C=O) groups is 1. The molecule has 3 rings (SSSR count). The van der Waals surface area contributed by atoms with E-state index in [4.69, 9.17) is 0 Å². The first kappa shape index (κ1) is 15.8. The molecule has 1 saturated carbocycles. The normalized spacial score (nSPS) is 20.0. The lowest BCUT2D eigenvalue weighted by Crippen LogP contribution is -2.51. The molecule has 1 aromatic rings. The smallest absolute Gasteiger partial charge is 0.321 e. The van der Waals surface area contributed by atoms with Crippen molar-refractivity contribution in [2.45, 2.75) is 32.6 Å². The second-order valence-corrected chi connectivity index (χ2v) is 6.48. The van der Waals surface area contributed by atoms with Crippen LogP contribution in [0.3, 0.4) is 0 Å². The zero-order valence-corrected chi connectivity index (χ0v) is 13.9. The number of hydrogen-bond donors (Lipinski definition) is 1. The molecule has 1 aliphatic heterocycles. The van der Waals surface area contributed by atoms with Crippen LogP contribution in [0.5, 0.6) is 0 Å². The number of pyridine rings is 1. The van der Waals surface area contributed by atoms with Gasteiger partial charge < -0.3 is 15.1 Å². The molecule has 0 spiro atoms. The van der Waals surface area contributed by atoms with Gasteiger partial charge in [-0.3, -0.25) is 0 Å². The zero-order chi connectivity index (χ0) is 16.1. The maximum atomic E-state index is 12.3. The molecule has 2 amide bonds. The van der Waals surface area contributed by atoms with Gasteiger partial charge in [0.2, 0.25) is 0 Å². The van der Waals surface area contributed by atoms with Gasteiger partial charge in [0.1, 0.15) is 5.82 Å². The van der Waals surface area contributed by atoms with Gasteiger partial charge in [-0.25, -0.2) is 9.78 Å². The highest BCUT2D eigenvalue weighted by Crippen LogP contribution is 2.30. The topological polar surface area (TPSA) is 48.5 Å². The van der Waals surface area contributed by atoms with Crippen LogP contribution < -0.4 is 10.2 Å². The highest BCUT2D eigenvalue weighted by Gasteiger charge is 2.22. The maximum Gasteiger partial charge on any atom is 0.321 e. The van der Waals surface area contributed by atoms with Crippen molar-refractivity contribution >= 4 is 11.8 Å². The minimum absolute atomic E-state index is 0.0167. The van der Waals surface area contributed by atoms with E-state index in [2.05, 4.69) is 22.1 Å². The van der Waals surface area contributed by atoms with Gasteiger partial charge in [0.15, 0.2) is 0 Å². The van der Waals surface area contributed by atoms with E-state index in [0.29, 0.717) is 5.92 Å². The van der Waals surface area contributed by atoms with Crippen LogP contribution in [-0.2, 0) is 0 Å². The van der Waals surface area contributed by atoms with Gasteiger partial charge in [-0.1, -0.05) is 24.5 Å². The van der Waals surface area contributed by atoms with Crippen LogP contribution in [0.2, 0.25) is 0 Å². The molecule has 2 aliphatic rings. The van der Waals surface area contributed by atoms with Gasteiger partial charge in [0.05, 0.1) is 0 Å². The quantitative estimate of drug-likeness (QED) is 0.933. The Bertz CT molecular complexity index is 543. The number of rotatable bonds is 3. The number of anilines is 1. The van der Waals surface area contributed by atoms with Crippen molar-refractivity contribution in [1.82, 2.24) is 15.2 Å². The van der Waals surface area contributed by atoms with Crippen molar-refractivity contribution in [3.63, 3.8) is 0 Å². The lowest BCUT2D eigenvalue weighted by atomic mass is 10.0. The van der Waals surface area contributed by atoms with E-state index >= 15 is 0 Å². The summed E-state index contributed by atoms with van der Waals surface area (Å²) in [6.07, 6.45) is 8.90. The molecule has 0 aromatic carbocycles. The molecule has 0 unspecified atom stereocenters. The van der Waals surface area contributed by atoms with Crippen LogP contribution in [0.15, 0.2) is 36.2 Å². The van der Waals surface area contributed by atoms with Gasteiger partial charge in [0, 0.05) is 38.6 Å². The summed E-state index contributed by atoms with van der Waals surface area (Å²) in [6.45, 7) is 5.26. The fourth-order valence-corrected chi connectivity index (χ4v) is 3.45. The molecule has 0 radical (unpaired) electrons. The van der Waals surface area contributed by atoms with Crippen LogP contribution in [0.1, 0.15) is 32.6 Å². The van der Waals surface area contributed by atoms with Crippen molar-refractivity contribution in [3.8, 4) is 0 Å². The number of amides is 2. The number of carbonyl (C=O) groups excluding carboxylic acids is 1. The van der Waals surface area contributed by atoms with Crippen LogP contribution in [0, 0.1) is 5.92 Å². The third-order valence-corrected chi connectivity index (χ3v) is 4.96. The molecule has 124 valence electrons. The van der Waals surface area contributed by atoms with E-state index < -0.39 is 0 Å². The van der Waals surface area contributed by atoms with Gasteiger partial charge in [-0.05, 0) is 37.8 Å². The molecular weight excluding hydrogens is 288 g/mol. The summed E-state index contributed by atoms with van der Waals surface area (Å²) in [5.74, 6) is 1.65. The van der Waals surface area contributed by atoms with Crippen molar-refractivity contribution in [3.05, 3.63) is 36.2 Å². The van der Waals surface area contributed by atoms with Gasteiger partial charge >= 0.3 is 6.03 Å². The van der Waals surface area contributed by atoms with Crippen molar-refractivity contribution in [2.24, 2.45) is 5.92 Å². The molecule has 2 fully saturated rings. The largest absolute Gasteiger partial charge is 0.353 e. The van der Waals surface area contributed by atoms with E-state index in [1.807, 2.05) is 35.5 Å². The van der Waals surface area contributed by atoms with Crippen LogP contribution in [-0.4, -0.2) is 42.1 Å². The molecule has 1 aromatic heterocycles. The van der Waals surface area contributed by atoms with Crippen LogP contribution in [0.25, 0.3) is 0 Å². The number of urea groups is 1. The minimum atomic E-state index is 0.0167. The monoisotopic (exact) mass is 314 g/mol. The lowest BCUT2D eigenvalue weighted by molar-refractivity contribution is 0.198. The Hall–Kier alpha value is -2.04. The molecule has 23 heavy (non-hydrogen) atoms. The molecule has 1 aliphatic carbocycles. The van der Waals surface area contributed by atoms with Crippen molar-refractivity contribution < 1.29 is 4.79 Å². The molecule has 2 heterocycles. The van der Waals surface area contributed by atoms with Crippen molar-refractivity contribution in [2.75, 3.05) is 31.1 Å². The molecule has 5 heteroatoms. The standard InChI is InChI=1S/C18H26N4O/c1-15(16-6-2-3-7-16)14-20-18(23)22-12-10-21(11-13-22)17-8-4-5-9-19-17/h4-5,8-9,14,16H,2-3,6-7,10-13H2,1H3,(H,20,23)/b15-14+. The van der Waals surface area contributed by atoms with E-state index in [-0.39, 0.29) is 6.03 Å². The number of nitrogens with zero attached hydrogens (tertiary/aromatic N) is 3. The second-order valence-electron chi connectivity index (χ2n) is 6.48. The fraction of sp³-hybridized carbons (Fsp3) is 0.556. The number of nitrogens with one attached hydrogen (secondary N) is 1. The molecule has 0 bridgehead atoms. The third kappa shape index (κ3) is 4.03. The molecule has 1 saturated heterocycles.